The van der Waals surface area contributed by atoms with E-state index in [4.69, 9.17) is 0 Å². The maximum absolute atomic E-state index is 13.1. The lowest BCUT2D eigenvalue weighted by Crippen LogP contribution is -2.31. The number of carbonyl (C=O) groups is 1. The molecule has 1 aliphatic rings. The van der Waals surface area contributed by atoms with Crippen LogP contribution >= 0.6 is 0 Å². The number of nitrogens with one attached hydrogen (secondary N) is 1. The summed E-state index contributed by atoms with van der Waals surface area (Å²) in [5, 5.41) is 11.5. The molecule has 3 aromatic rings. The van der Waals surface area contributed by atoms with E-state index in [0.717, 1.165) is 36.3 Å². The molecule has 128 valence electrons. The Morgan fingerprint density at radius 1 is 1.28 bits per heavy atom. The minimum atomic E-state index is -0.0449. The molecular weight excluding hydrogens is 316 g/mol. The van der Waals surface area contributed by atoms with Crippen molar-refractivity contribution in [2.24, 2.45) is 0 Å². The van der Waals surface area contributed by atoms with Gasteiger partial charge in [-0.25, -0.2) is 9.67 Å². The number of aromatic amines is 1. The molecule has 0 bridgehead atoms. The average Bonchev–Trinajstić information content (AvgIpc) is 3.36. The lowest BCUT2D eigenvalue weighted by atomic mass is 10.0. The first kappa shape index (κ1) is 15.6. The highest BCUT2D eigenvalue weighted by atomic mass is 16.2. The topological polar surface area (TPSA) is 79.7 Å². The Kier molecular flexibility index (Phi) is 3.83. The van der Waals surface area contributed by atoms with Crippen LogP contribution in [0, 0.1) is 13.8 Å². The number of H-pyrrole nitrogens is 1. The summed E-state index contributed by atoms with van der Waals surface area (Å²) in [5.74, 6) is 0.596. The third kappa shape index (κ3) is 2.71. The quantitative estimate of drug-likeness (QED) is 0.797. The Morgan fingerprint density at radius 3 is 2.88 bits per heavy atom. The minimum absolute atomic E-state index is 0.0449. The van der Waals surface area contributed by atoms with Crippen LogP contribution in [-0.2, 0) is 0 Å². The van der Waals surface area contributed by atoms with Crippen LogP contribution in [0.5, 0.6) is 0 Å². The number of aromatic nitrogens is 5. The van der Waals surface area contributed by atoms with Gasteiger partial charge in [0.1, 0.15) is 5.69 Å². The van der Waals surface area contributed by atoms with E-state index in [0.29, 0.717) is 11.5 Å². The molecule has 1 N–H and O–H groups in total. The lowest BCUT2D eigenvalue weighted by Gasteiger charge is -2.25. The van der Waals surface area contributed by atoms with Crippen LogP contribution in [0.3, 0.4) is 0 Å². The van der Waals surface area contributed by atoms with Crippen molar-refractivity contribution in [1.82, 2.24) is 29.9 Å². The highest BCUT2D eigenvalue weighted by Crippen LogP contribution is 2.35. The molecule has 1 fully saturated rings. The van der Waals surface area contributed by atoms with Gasteiger partial charge in [0.05, 0.1) is 11.7 Å². The van der Waals surface area contributed by atoms with Crippen molar-refractivity contribution >= 4 is 5.91 Å². The predicted octanol–water partition coefficient (Wildman–Crippen LogP) is 2.58. The number of likely N-dealkylation sites (tertiary alicyclic amines) is 1. The number of hydrogen-bond donors (Lipinski definition) is 1. The Hall–Kier alpha value is -2.96. The Bertz CT molecular complexity index is 879. The van der Waals surface area contributed by atoms with Crippen molar-refractivity contribution in [3.05, 3.63) is 59.3 Å². The van der Waals surface area contributed by atoms with Gasteiger partial charge in [-0.05, 0) is 44.9 Å². The summed E-state index contributed by atoms with van der Waals surface area (Å²) in [6.45, 7) is 4.73. The molecule has 0 saturated carbocycles. The van der Waals surface area contributed by atoms with Gasteiger partial charge in [-0.15, -0.1) is 0 Å². The first-order valence-corrected chi connectivity index (χ1v) is 8.44. The molecule has 25 heavy (non-hydrogen) atoms. The largest absolute Gasteiger partial charge is 0.330 e. The number of pyridine rings is 1. The Labute approximate surface area is 145 Å². The van der Waals surface area contributed by atoms with Gasteiger partial charge in [-0.3, -0.25) is 9.89 Å². The van der Waals surface area contributed by atoms with Crippen LogP contribution in [-0.4, -0.2) is 42.3 Å². The van der Waals surface area contributed by atoms with Gasteiger partial charge < -0.3 is 4.90 Å². The highest BCUT2D eigenvalue weighted by Gasteiger charge is 2.34. The van der Waals surface area contributed by atoms with E-state index < -0.39 is 0 Å². The third-order valence-corrected chi connectivity index (χ3v) is 4.72. The second-order valence-electron chi connectivity index (χ2n) is 6.34. The molecule has 1 amide bonds. The number of carbonyl (C=O) groups excluding carboxylic acids is 1. The van der Waals surface area contributed by atoms with Crippen molar-refractivity contribution in [1.29, 1.82) is 0 Å². The number of rotatable bonds is 3. The molecule has 0 aromatic carbocycles. The Morgan fingerprint density at radius 2 is 2.16 bits per heavy atom. The fraction of sp³-hybridized carbons (Fsp3) is 0.333. The van der Waals surface area contributed by atoms with E-state index in [1.165, 1.54) is 0 Å². The summed E-state index contributed by atoms with van der Waals surface area (Å²) in [5.41, 5.74) is 3.56. The number of hydrogen-bond acceptors (Lipinski definition) is 4. The summed E-state index contributed by atoms with van der Waals surface area (Å²) in [6.07, 6.45) is 5.44. The van der Waals surface area contributed by atoms with Gasteiger partial charge in [-0.1, -0.05) is 6.07 Å². The molecule has 1 saturated heterocycles. The van der Waals surface area contributed by atoms with Crippen LogP contribution in [0.4, 0.5) is 0 Å². The molecule has 7 nitrogen and oxygen atoms in total. The summed E-state index contributed by atoms with van der Waals surface area (Å²) >= 11 is 0. The van der Waals surface area contributed by atoms with E-state index in [2.05, 4.69) is 20.3 Å². The zero-order valence-corrected chi connectivity index (χ0v) is 14.3. The summed E-state index contributed by atoms with van der Waals surface area (Å²) in [4.78, 5) is 19.5. The van der Waals surface area contributed by atoms with Crippen LogP contribution in [0.15, 0.2) is 36.7 Å². The van der Waals surface area contributed by atoms with Crippen LogP contribution in [0.2, 0.25) is 0 Å². The highest BCUT2D eigenvalue weighted by molar-refractivity contribution is 5.93. The molecule has 1 atom stereocenters. The van der Waals surface area contributed by atoms with Gasteiger partial charge >= 0.3 is 0 Å². The predicted molar refractivity (Wildman–Crippen MR) is 92.4 cm³/mol. The molecule has 4 rings (SSSR count). The summed E-state index contributed by atoms with van der Waals surface area (Å²) in [7, 11) is 0. The van der Waals surface area contributed by atoms with Gasteiger partial charge in [0.25, 0.3) is 5.91 Å². The van der Waals surface area contributed by atoms with Gasteiger partial charge in [-0.2, -0.15) is 10.2 Å². The molecule has 4 heterocycles. The first-order chi connectivity index (χ1) is 12.1. The van der Waals surface area contributed by atoms with E-state index in [-0.39, 0.29) is 11.9 Å². The lowest BCUT2D eigenvalue weighted by molar-refractivity contribution is 0.0729. The normalized spacial score (nSPS) is 17.2. The molecule has 0 aliphatic carbocycles. The smallest absolute Gasteiger partial charge is 0.273 e. The Balaban J connectivity index is 1.65. The van der Waals surface area contributed by atoms with Crippen LogP contribution in [0.25, 0.3) is 5.82 Å². The molecule has 1 aliphatic heterocycles. The summed E-state index contributed by atoms with van der Waals surface area (Å²) < 4.78 is 1.66. The van der Waals surface area contributed by atoms with Crippen molar-refractivity contribution in [2.75, 3.05) is 6.54 Å². The van der Waals surface area contributed by atoms with Gasteiger partial charge in [0.2, 0.25) is 0 Å². The number of aryl methyl sites for hydroxylation is 2. The summed E-state index contributed by atoms with van der Waals surface area (Å²) in [6, 6.07) is 7.34. The number of amides is 1. The standard InChI is InChI=1S/C18H20N6O/c1-12-17(13(2)22-21-12)15-7-4-10-23(15)18(25)14-6-3-8-16(20-14)24-11-5-9-19-24/h3,5-6,8-9,11,15H,4,7,10H2,1-2H3,(H,21,22)/t15-/m1/s1. The van der Waals surface area contributed by atoms with Crippen molar-refractivity contribution in [3.8, 4) is 5.82 Å². The maximum atomic E-state index is 13.1. The van der Waals surface area contributed by atoms with E-state index in [9.17, 15) is 4.79 Å². The van der Waals surface area contributed by atoms with E-state index in [1.807, 2.05) is 43.1 Å². The van der Waals surface area contributed by atoms with Crippen molar-refractivity contribution in [2.45, 2.75) is 32.7 Å². The second kappa shape index (κ2) is 6.16. The minimum Gasteiger partial charge on any atom is -0.330 e. The van der Waals surface area contributed by atoms with E-state index >= 15 is 0 Å². The first-order valence-electron chi connectivity index (χ1n) is 8.44. The van der Waals surface area contributed by atoms with Gasteiger partial charge in [0, 0.05) is 30.2 Å². The van der Waals surface area contributed by atoms with E-state index in [1.54, 1.807) is 16.9 Å². The molecule has 7 heteroatoms. The van der Waals surface area contributed by atoms with Crippen LogP contribution in [0.1, 0.15) is 46.3 Å². The zero-order chi connectivity index (χ0) is 17.4. The maximum Gasteiger partial charge on any atom is 0.273 e. The monoisotopic (exact) mass is 336 g/mol. The van der Waals surface area contributed by atoms with Gasteiger partial charge in [0.15, 0.2) is 5.82 Å². The second-order valence-corrected chi connectivity index (χ2v) is 6.34. The fourth-order valence-electron chi connectivity index (χ4n) is 3.58. The molecule has 0 radical (unpaired) electrons. The molecule has 0 unspecified atom stereocenters. The molecule has 3 aromatic heterocycles. The molecule has 0 spiro atoms. The SMILES string of the molecule is Cc1n[nH]c(C)c1[C@H]1CCCN1C(=O)c1cccc(-n2cccn2)n1. The third-order valence-electron chi connectivity index (χ3n) is 4.72. The molecular formula is C18H20N6O. The van der Waals surface area contributed by atoms with Crippen molar-refractivity contribution in [3.63, 3.8) is 0 Å². The average molecular weight is 336 g/mol. The number of nitrogens with zero attached hydrogens (tertiary/aromatic N) is 5. The zero-order valence-electron chi connectivity index (χ0n) is 14.3. The van der Waals surface area contributed by atoms with Crippen LogP contribution < -0.4 is 0 Å². The van der Waals surface area contributed by atoms with Crippen molar-refractivity contribution < 1.29 is 4.79 Å². The fourth-order valence-corrected chi connectivity index (χ4v) is 3.58.